The van der Waals surface area contributed by atoms with Gasteiger partial charge in [-0.2, -0.15) is 0 Å². The molecule has 2 aromatic rings. The van der Waals surface area contributed by atoms with Crippen LogP contribution in [0.5, 0.6) is 0 Å². The number of nitrogens with one attached hydrogen (secondary N) is 2. The highest BCUT2D eigenvalue weighted by atomic mass is 79.9. The van der Waals surface area contributed by atoms with Gasteiger partial charge in [0.2, 0.25) is 0 Å². The van der Waals surface area contributed by atoms with Gasteiger partial charge in [0.1, 0.15) is 0 Å². The summed E-state index contributed by atoms with van der Waals surface area (Å²) in [5.41, 5.74) is 2.59. The van der Waals surface area contributed by atoms with Crippen LogP contribution in [0, 0.1) is 0 Å². The Morgan fingerprint density at radius 2 is 1.90 bits per heavy atom. The van der Waals surface area contributed by atoms with Gasteiger partial charge >= 0.3 is 0 Å². The molecule has 110 valence electrons. The minimum atomic E-state index is -0.0706. The van der Waals surface area contributed by atoms with Crippen molar-refractivity contribution in [3.8, 4) is 0 Å². The van der Waals surface area contributed by atoms with Crippen molar-refractivity contribution in [2.75, 3.05) is 5.32 Å². The molecule has 0 heterocycles. The first-order valence-corrected chi connectivity index (χ1v) is 7.74. The lowest BCUT2D eigenvalue weighted by Gasteiger charge is -2.14. The molecule has 0 atom stereocenters. The molecule has 0 saturated carbocycles. The number of benzene rings is 2. The fourth-order valence-corrected chi connectivity index (χ4v) is 2.49. The summed E-state index contributed by atoms with van der Waals surface area (Å²) in [7, 11) is 0. The standard InChI is InChI=1S/C17H19BrN2O/c1-12(2)20-16-9-4-3-8-15(16)17(21)19-11-13-6-5-7-14(18)10-13/h3-10,12,20H,11H2,1-2H3,(H,19,21). The molecule has 0 aromatic heterocycles. The molecule has 0 aliphatic carbocycles. The third-order valence-corrected chi connectivity index (χ3v) is 3.45. The third kappa shape index (κ3) is 4.60. The van der Waals surface area contributed by atoms with Crippen molar-refractivity contribution in [1.82, 2.24) is 5.32 Å². The Morgan fingerprint density at radius 3 is 2.62 bits per heavy atom. The first kappa shape index (κ1) is 15.6. The van der Waals surface area contributed by atoms with E-state index in [0.717, 1.165) is 15.7 Å². The van der Waals surface area contributed by atoms with Gasteiger partial charge < -0.3 is 10.6 Å². The van der Waals surface area contributed by atoms with Crippen LogP contribution in [0.1, 0.15) is 29.8 Å². The number of para-hydroxylation sites is 1. The van der Waals surface area contributed by atoms with E-state index < -0.39 is 0 Å². The Bertz CT molecular complexity index is 626. The van der Waals surface area contributed by atoms with Gasteiger partial charge in [0.25, 0.3) is 5.91 Å². The van der Waals surface area contributed by atoms with Crippen molar-refractivity contribution >= 4 is 27.5 Å². The number of hydrogen-bond donors (Lipinski definition) is 2. The number of amides is 1. The molecule has 0 aliphatic rings. The summed E-state index contributed by atoms with van der Waals surface area (Å²) < 4.78 is 1.01. The van der Waals surface area contributed by atoms with E-state index >= 15 is 0 Å². The number of carbonyl (C=O) groups is 1. The molecule has 0 spiro atoms. The average molecular weight is 347 g/mol. The third-order valence-electron chi connectivity index (χ3n) is 2.96. The molecule has 0 radical (unpaired) electrons. The molecule has 4 heteroatoms. The van der Waals surface area contributed by atoms with Crippen LogP contribution in [-0.2, 0) is 6.54 Å². The van der Waals surface area contributed by atoms with Gasteiger partial charge in [-0.15, -0.1) is 0 Å². The van der Waals surface area contributed by atoms with Crippen molar-refractivity contribution in [2.24, 2.45) is 0 Å². The second-order valence-electron chi connectivity index (χ2n) is 5.16. The van der Waals surface area contributed by atoms with Crippen LogP contribution in [0.4, 0.5) is 5.69 Å². The van der Waals surface area contributed by atoms with E-state index in [4.69, 9.17) is 0 Å². The van der Waals surface area contributed by atoms with E-state index in [2.05, 4.69) is 40.4 Å². The van der Waals surface area contributed by atoms with Crippen molar-refractivity contribution < 1.29 is 4.79 Å². The molecule has 0 unspecified atom stereocenters. The van der Waals surface area contributed by atoms with Crippen LogP contribution in [-0.4, -0.2) is 11.9 Å². The highest BCUT2D eigenvalue weighted by molar-refractivity contribution is 9.10. The van der Waals surface area contributed by atoms with Gasteiger partial charge in [0.15, 0.2) is 0 Å². The Kier molecular flexibility index (Phi) is 5.39. The van der Waals surface area contributed by atoms with Crippen LogP contribution in [0.3, 0.4) is 0 Å². The quantitative estimate of drug-likeness (QED) is 0.851. The van der Waals surface area contributed by atoms with Crippen molar-refractivity contribution in [3.05, 3.63) is 64.1 Å². The lowest BCUT2D eigenvalue weighted by molar-refractivity contribution is 0.0951. The molecule has 0 aliphatic heterocycles. The number of anilines is 1. The molecule has 2 aromatic carbocycles. The molecular formula is C17H19BrN2O. The molecule has 0 saturated heterocycles. The number of rotatable bonds is 5. The molecule has 21 heavy (non-hydrogen) atoms. The average Bonchev–Trinajstić information content (AvgIpc) is 2.45. The topological polar surface area (TPSA) is 41.1 Å². The van der Waals surface area contributed by atoms with Gasteiger partial charge in [-0.1, -0.05) is 40.2 Å². The lowest BCUT2D eigenvalue weighted by Crippen LogP contribution is -2.24. The zero-order valence-electron chi connectivity index (χ0n) is 12.2. The number of hydrogen-bond acceptors (Lipinski definition) is 2. The minimum Gasteiger partial charge on any atom is -0.382 e. The first-order chi connectivity index (χ1) is 10.1. The summed E-state index contributed by atoms with van der Waals surface area (Å²) in [6.45, 7) is 4.61. The van der Waals surface area contributed by atoms with Gasteiger partial charge in [0, 0.05) is 22.7 Å². The molecule has 3 nitrogen and oxygen atoms in total. The van der Waals surface area contributed by atoms with Crippen molar-refractivity contribution in [1.29, 1.82) is 0 Å². The second-order valence-corrected chi connectivity index (χ2v) is 6.07. The number of carbonyl (C=O) groups excluding carboxylic acids is 1. The first-order valence-electron chi connectivity index (χ1n) is 6.94. The monoisotopic (exact) mass is 346 g/mol. The highest BCUT2D eigenvalue weighted by Gasteiger charge is 2.11. The molecule has 0 fully saturated rings. The van der Waals surface area contributed by atoms with E-state index in [1.165, 1.54) is 0 Å². The predicted octanol–water partition coefficient (Wildman–Crippen LogP) is 4.20. The summed E-state index contributed by atoms with van der Waals surface area (Å²) >= 11 is 3.43. The maximum absolute atomic E-state index is 12.3. The fourth-order valence-electron chi connectivity index (χ4n) is 2.04. The van der Waals surface area contributed by atoms with Crippen molar-refractivity contribution in [3.63, 3.8) is 0 Å². The van der Waals surface area contributed by atoms with Crippen LogP contribution in [0.15, 0.2) is 53.0 Å². The Balaban J connectivity index is 2.07. The maximum atomic E-state index is 12.3. The largest absolute Gasteiger partial charge is 0.382 e. The smallest absolute Gasteiger partial charge is 0.253 e. The molecule has 0 bridgehead atoms. The van der Waals surface area contributed by atoms with Crippen LogP contribution in [0.25, 0.3) is 0 Å². The Hall–Kier alpha value is -1.81. The predicted molar refractivity (Wildman–Crippen MR) is 90.5 cm³/mol. The van der Waals surface area contributed by atoms with Crippen molar-refractivity contribution in [2.45, 2.75) is 26.4 Å². The highest BCUT2D eigenvalue weighted by Crippen LogP contribution is 2.16. The molecule has 1 amide bonds. The zero-order valence-corrected chi connectivity index (χ0v) is 13.8. The van der Waals surface area contributed by atoms with E-state index in [1.807, 2.05) is 48.5 Å². The fraction of sp³-hybridized carbons (Fsp3) is 0.235. The summed E-state index contributed by atoms with van der Waals surface area (Å²) in [5, 5.41) is 6.25. The van der Waals surface area contributed by atoms with Gasteiger partial charge in [-0.25, -0.2) is 0 Å². The van der Waals surface area contributed by atoms with Gasteiger partial charge in [-0.05, 0) is 43.7 Å². The zero-order chi connectivity index (χ0) is 15.2. The minimum absolute atomic E-state index is 0.0706. The summed E-state index contributed by atoms with van der Waals surface area (Å²) in [5.74, 6) is -0.0706. The Labute approximate surface area is 133 Å². The van der Waals surface area contributed by atoms with E-state index in [-0.39, 0.29) is 11.9 Å². The number of halogens is 1. The summed E-state index contributed by atoms with van der Waals surface area (Å²) in [6, 6.07) is 15.8. The van der Waals surface area contributed by atoms with Crippen LogP contribution in [0.2, 0.25) is 0 Å². The normalized spacial score (nSPS) is 10.5. The SMILES string of the molecule is CC(C)Nc1ccccc1C(=O)NCc1cccc(Br)c1. The summed E-state index contributed by atoms with van der Waals surface area (Å²) in [6.07, 6.45) is 0. The molecule has 2 rings (SSSR count). The van der Waals surface area contributed by atoms with Gasteiger partial charge in [-0.3, -0.25) is 4.79 Å². The van der Waals surface area contributed by atoms with Crippen LogP contribution < -0.4 is 10.6 Å². The van der Waals surface area contributed by atoms with E-state index in [1.54, 1.807) is 0 Å². The second kappa shape index (κ2) is 7.27. The maximum Gasteiger partial charge on any atom is 0.253 e. The molecular weight excluding hydrogens is 328 g/mol. The van der Waals surface area contributed by atoms with Gasteiger partial charge in [0.05, 0.1) is 5.56 Å². The molecule has 2 N–H and O–H groups in total. The van der Waals surface area contributed by atoms with E-state index in [0.29, 0.717) is 12.1 Å². The Morgan fingerprint density at radius 1 is 1.14 bits per heavy atom. The van der Waals surface area contributed by atoms with Crippen LogP contribution >= 0.6 is 15.9 Å². The lowest BCUT2D eigenvalue weighted by atomic mass is 10.1. The summed E-state index contributed by atoms with van der Waals surface area (Å²) in [4.78, 5) is 12.3. The van der Waals surface area contributed by atoms with E-state index in [9.17, 15) is 4.79 Å².